The topological polar surface area (TPSA) is 17.1 Å². The standard InChI is InChI=1S/C14H18O/c1-8-11(15)7-10-6-9-4-5-14(2,3)13(9)12(8)10/h10H,4-7H2,1-3H3/t10-/m1/s1. The van der Waals surface area contributed by atoms with Gasteiger partial charge >= 0.3 is 0 Å². The molecule has 0 aliphatic heterocycles. The number of hydrogen-bond donors (Lipinski definition) is 0. The maximum Gasteiger partial charge on any atom is 0.159 e. The number of Topliss-reactive ketones (excluding diaryl/α,β-unsaturated/α-hetero) is 1. The zero-order chi connectivity index (χ0) is 10.8. The molecule has 1 heteroatoms. The fourth-order valence-electron chi connectivity index (χ4n) is 3.75. The number of hydrogen-bond acceptors (Lipinski definition) is 1. The van der Waals surface area contributed by atoms with Gasteiger partial charge < -0.3 is 0 Å². The normalized spacial score (nSPS) is 32.7. The van der Waals surface area contributed by atoms with Gasteiger partial charge in [0.2, 0.25) is 0 Å². The van der Waals surface area contributed by atoms with Crippen LogP contribution in [0.15, 0.2) is 22.3 Å². The predicted octanol–water partition coefficient (Wildman–Crippen LogP) is 3.41. The van der Waals surface area contributed by atoms with Crippen LogP contribution in [-0.4, -0.2) is 5.78 Å². The Kier molecular flexibility index (Phi) is 1.65. The van der Waals surface area contributed by atoms with E-state index in [0.29, 0.717) is 17.1 Å². The van der Waals surface area contributed by atoms with Gasteiger partial charge in [-0.25, -0.2) is 0 Å². The molecule has 1 atom stereocenters. The maximum absolute atomic E-state index is 11.7. The molecule has 0 radical (unpaired) electrons. The van der Waals surface area contributed by atoms with Crippen LogP contribution in [0, 0.1) is 11.3 Å². The molecule has 0 aromatic rings. The van der Waals surface area contributed by atoms with Crippen molar-refractivity contribution in [2.75, 3.05) is 0 Å². The van der Waals surface area contributed by atoms with Gasteiger partial charge in [0, 0.05) is 6.42 Å². The highest BCUT2D eigenvalue weighted by Gasteiger charge is 2.46. The Hall–Kier alpha value is -0.850. The van der Waals surface area contributed by atoms with Crippen LogP contribution < -0.4 is 0 Å². The molecule has 0 amide bonds. The molecule has 0 bridgehead atoms. The predicted molar refractivity (Wildman–Crippen MR) is 60.5 cm³/mol. The molecule has 0 fully saturated rings. The first-order valence-electron chi connectivity index (χ1n) is 5.97. The minimum absolute atomic E-state index is 0.325. The second-order valence-corrected chi connectivity index (χ2v) is 5.93. The molecule has 0 N–H and O–H groups in total. The zero-order valence-corrected chi connectivity index (χ0v) is 9.81. The molecule has 1 nitrogen and oxygen atoms in total. The first-order valence-corrected chi connectivity index (χ1v) is 5.97. The van der Waals surface area contributed by atoms with Gasteiger partial charge in [-0.05, 0) is 54.2 Å². The maximum atomic E-state index is 11.7. The molecule has 0 spiro atoms. The van der Waals surface area contributed by atoms with Crippen molar-refractivity contribution in [2.45, 2.75) is 46.5 Å². The highest BCUT2D eigenvalue weighted by atomic mass is 16.1. The van der Waals surface area contributed by atoms with Crippen molar-refractivity contribution < 1.29 is 4.79 Å². The van der Waals surface area contributed by atoms with Crippen LogP contribution in [0.5, 0.6) is 0 Å². The summed E-state index contributed by atoms with van der Waals surface area (Å²) in [7, 11) is 0. The Bertz CT molecular complexity index is 421. The Morgan fingerprint density at radius 2 is 2.00 bits per heavy atom. The molecular weight excluding hydrogens is 184 g/mol. The van der Waals surface area contributed by atoms with Crippen molar-refractivity contribution in [3.63, 3.8) is 0 Å². The van der Waals surface area contributed by atoms with E-state index in [1.807, 2.05) is 6.92 Å². The molecule has 0 aromatic carbocycles. The summed E-state index contributed by atoms with van der Waals surface area (Å²) in [5.41, 5.74) is 6.06. The smallest absolute Gasteiger partial charge is 0.159 e. The molecule has 0 saturated heterocycles. The Morgan fingerprint density at radius 1 is 1.27 bits per heavy atom. The van der Waals surface area contributed by atoms with Crippen LogP contribution in [0.3, 0.4) is 0 Å². The van der Waals surface area contributed by atoms with Gasteiger partial charge in [-0.2, -0.15) is 0 Å². The van der Waals surface area contributed by atoms with E-state index in [2.05, 4.69) is 13.8 Å². The average Bonchev–Trinajstić information content (AvgIpc) is 2.71. The fraction of sp³-hybridized carbons (Fsp3) is 0.643. The highest BCUT2D eigenvalue weighted by Crippen LogP contribution is 2.57. The average molecular weight is 202 g/mol. The third-order valence-electron chi connectivity index (χ3n) is 4.51. The van der Waals surface area contributed by atoms with Crippen LogP contribution in [0.4, 0.5) is 0 Å². The van der Waals surface area contributed by atoms with Crippen LogP contribution in [0.2, 0.25) is 0 Å². The second-order valence-electron chi connectivity index (χ2n) is 5.93. The molecule has 3 rings (SSSR count). The van der Waals surface area contributed by atoms with Gasteiger partial charge in [0.05, 0.1) is 0 Å². The lowest BCUT2D eigenvalue weighted by molar-refractivity contribution is -0.115. The van der Waals surface area contributed by atoms with Crippen molar-refractivity contribution in [3.05, 3.63) is 22.3 Å². The van der Waals surface area contributed by atoms with E-state index in [-0.39, 0.29) is 0 Å². The minimum atomic E-state index is 0.325. The SMILES string of the molecule is CC1=C2C3=C(CCC3(C)C)C[C@@H]2CC1=O. The highest BCUT2D eigenvalue weighted by molar-refractivity contribution is 6.00. The molecule has 3 aliphatic rings. The Morgan fingerprint density at radius 3 is 2.73 bits per heavy atom. The summed E-state index contributed by atoms with van der Waals surface area (Å²) in [5, 5.41) is 0. The van der Waals surface area contributed by atoms with Crippen molar-refractivity contribution in [3.8, 4) is 0 Å². The van der Waals surface area contributed by atoms with Gasteiger partial charge in [-0.15, -0.1) is 0 Å². The van der Waals surface area contributed by atoms with Gasteiger partial charge in [0.1, 0.15) is 0 Å². The molecule has 0 saturated carbocycles. The first kappa shape index (κ1) is 9.38. The molecule has 0 heterocycles. The van der Waals surface area contributed by atoms with E-state index in [1.54, 1.807) is 11.1 Å². The summed E-state index contributed by atoms with van der Waals surface area (Å²) >= 11 is 0. The third kappa shape index (κ3) is 1.07. The van der Waals surface area contributed by atoms with Crippen molar-refractivity contribution >= 4 is 5.78 Å². The van der Waals surface area contributed by atoms with Gasteiger partial charge in [-0.1, -0.05) is 19.4 Å². The Labute approximate surface area is 91.2 Å². The van der Waals surface area contributed by atoms with Gasteiger partial charge in [0.25, 0.3) is 0 Å². The summed E-state index contributed by atoms with van der Waals surface area (Å²) in [5.74, 6) is 0.950. The van der Waals surface area contributed by atoms with Gasteiger partial charge in [-0.3, -0.25) is 4.79 Å². The summed E-state index contributed by atoms with van der Waals surface area (Å²) in [4.78, 5) is 11.7. The number of fused-ring (bicyclic) bond motifs is 2. The van der Waals surface area contributed by atoms with Crippen LogP contribution in [-0.2, 0) is 4.79 Å². The minimum Gasteiger partial charge on any atom is -0.295 e. The van der Waals surface area contributed by atoms with E-state index < -0.39 is 0 Å². The second kappa shape index (κ2) is 2.63. The van der Waals surface area contributed by atoms with Crippen molar-refractivity contribution in [2.24, 2.45) is 11.3 Å². The van der Waals surface area contributed by atoms with E-state index in [1.165, 1.54) is 24.8 Å². The summed E-state index contributed by atoms with van der Waals surface area (Å²) in [6, 6.07) is 0. The lowest BCUT2D eigenvalue weighted by Gasteiger charge is -2.24. The number of allylic oxidation sites excluding steroid dienone is 4. The van der Waals surface area contributed by atoms with Crippen molar-refractivity contribution in [1.29, 1.82) is 0 Å². The van der Waals surface area contributed by atoms with Crippen LogP contribution >= 0.6 is 0 Å². The van der Waals surface area contributed by atoms with E-state index in [4.69, 9.17) is 0 Å². The van der Waals surface area contributed by atoms with Crippen LogP contribution in [0.25, 0.3) is 0 Å². The van der Waals surface area contributed by atoms with Crippen molar-refractivity contribution in [1.82, 2.24) is 0 Å². The molecule has 15 heavy (non-hydrogen) atoms. The fourth-order valence-corrected chi connectivity index (χ4v) is 3.75. The lowest BCUT2D eigenvalue weighted by Crippen LogP contribution is -2.12. The molecular formula is C14H18O. The first-order chi connectivity index (χ1) is 7.00. The number of ketones is 1. The monoisotopic (exact) mass is 202 g/mol. The zero-order valence-electron chi connectivity index (χ0n) is 9.81. The molecule has 3 aliphatic carbocycles. The van der Waals surface area contributed by atoms with Crippen LogP contribution in [0.1, 0.15) is 46.5 Å². The van der Waals surface area contributed by atoms with E-state index >= 15 is 0 Å². The molecule has 0 aromatic heterocycles. The number of carbonyl (C=O) groups is 1. The Balaban J connectivity index is 2.16. The van der Waals surface area contributed by atoms with Gasteiger partial charge in [0.15, 0.2) is 5.78 Å². The quantitative estimate of drug-likeness (QED) is 0.588. The summed E-state index contributed by atoms with van der Waals surface area (Å²) in [6.07, 6.45) is 4.50. The number of carbonyl (C=O) groups excluding carboxylic acids is 1. The third-order valence-corrected chi connectivity index (χ3v) is 4.51. The molecule has 80 valence electrons. The lowest BCUT2D eigenvalue weighted by atomic mass is 9.80. The summed E-state index contributed by atoms with van der Waals surface area (Å²) < 4.78 is 0. The van der Waals surface area contributed by atoms with E-state index in [9.17, 15) is 4.79 Å². The summed E-state index contributed by atoms with van der Waals surface area (Å²) in [6.45, 7) is 6.70. The number of rotatable bonds is 0. The van der Waals surface area contributed by atoms with E-state index in [0.717, 1.165) is 12.0 Å². The largest absolute Gasteiger partial charge is 0.295 e. The molecule has 0 unspecified atom stereocenters.